The first kappa shape index (κ1) is 13.4. The molecule has 0 spiro atoms. The summed E-state index contributed by atoms with van der Waals surface area (Å²) >= 11 is 0. The number of benzene rings is 1. The average molecular weight is 242 g/mol. The van der Waals surface area contributed by atoms with Crippen LogP contribution >= 0.6 is 0 Å². The number of anilines is 2. The molecular weight excluding hydrogens is 226 g/mol. The first-order valence-corrected chi connectivity index (χ1v) is 5.51. The molecule has 1 amide bonds. The molecule has 0 heterocycles. The number of rotatable bonds is 4. The van der Waals surface area contributed by atoms with Crippen molar-refractivity contribution < 1.29 is 13.6 Å². The molecule has 0 saturated heterocycles. The van der Waals surface area contributed by atoms with Gasteiger partial charge in [0.15, 0.2) is 11.6 Å². The number of carbonyl (C=O) groups excluding carboxylic acids is 1. The van der Waals surface area contributed by atoms with Gasteiger partial charge in [0.25, 0.3) is 0 Å². The fraction of sp³-hybridized carbons (Fsp3) is 0.417. The van der Waals surface area contributed by atoms with Crippen LogP contribution in [0.5, 0.6) is 0 Å². The Morgan fingerprint density at radius 2 is 2.12 bits per heavy atom. The summed E-state index contributed by atoms with van der Waals surface area (Å²) in [5, 5.41) is 2.32. The van der Waals surface area contributed by atoms with Gasteiger partial charge in [0.05, 0.1) is 5.69 Å². The van der Waals surface area contributed by atoms with Crippen LogP contribution < -0.4 is 11.1 Å². The molecule has 1 atom stereocenters. The lowest BCUT2D eigenvalue weighted by Crippen LogP contribution is -2.22. The van der Waals surface area contributed by atoms with Crippen LogP contribution in [-0.2, 0) is 4.79 Å². The van der Waals surface area contributed by atoms with E-state index in [4.69, 9.17) is 5.73 Å². The van der Waals surface area contributed by atoms with Crippen molar-refractivity contribution in [1.82, 2.24) is 0 Å². The average Bonchev–Trinajstić information content (AvgIpc) is 2.29. The van der Waals surface area contributed by atoms with Crippen LogP contribution in [0, 0.1) is 17.6 Å². The third-order valence-electron chi connectivity index (χ3n) is 2.54. The van der Waals surface area contributed by atoms with E-state index in [0.29, 0.717) is 6.42 Å². The molecule has 0 aliphatic rings. The highest BCUT2D eigenvalue weighted by Gasteiger charge is 2.17. The van der Waals surface area contributed by atoms with Crippen molar-refractivity contribution in [2.45, 2.75) is 26.7 Å². The zero-order valence-electron chi connectivity index (χ0n) is 9.89. The molecule has 5 heteroatoms. The number of nitrogen functional groups attached to an aromatic ring is 1. The van der Waals surface area contributed by atoms with E-state index in [1.807, 2.05) is 6.92 Å². The van der Waals surface area contributed by atoms with Crippen LogP contribution in [0.4, 0.5) is 20.2 Å². The van der Waals surface area contributed by atoms with Gasteiger partial charge in [-0.25, -0.2) is 8.78 Å². The highest BCUT2D eigenvalue weighted by atomic mass is 19.2. The zero-order valence-corrected chi connectivity index (χ0v) is 9.89. The lowest BCUT2D eigenvalue weighted by molar-refractivity contribution is -0.119. The molecule has 0 radical (unpaired) electrons. The molecule has 0 bridgehead atoms. The van der Waals surface area contributed by atoms with Crippen molar-refractivity contribution in [2.24, 2.45) is 5.92 Å². The van der Waals surface area contributed by atoms with Crippen LogP contribution in [0.15, 0.2) is 12.1 Å². The molecule has 3 N–H and O–H groups in total. The highest BCUT2D eigenvalue weighted by Crippen LogP contribution is 2.25. The minimum Gasteiger partial charge on any atom is -0.397 e. The smallest absolute Gasteiger partial charge is 0.227 e. The number of carbonyl (C=O) groups is 1. The predicted octanol–water partition coefficient (Wildman–Crippen LogP) is 2.92. The Kier molecular flexibility index (Phi) is 4.43. The van der Waals surface area contributed by atoms with Gasteiger partial charge in [-0.15, -0.1) is 0 Å². The van der Waals surface area contributed by atoms with E-state index < -0.39 is 11.6 Å². The number of halogens is 2. The summed E-state index contributed by atoms with van der Waals surface area (Å²) in [7, 11) is 0. The molecule has 1 aromatic rings. The summed E-state index contributed by atoms with van der Waals surface area (Å²) in [6.07, 6.45) is 1.53. The molecule has 94 valence electrons. The molecule has 17 heavy (non-hydrogen) atoms. The molecule has 0 aliphatic heterocycles. The second-order valence-electron chi connectivity index (χ2n) is 4.00. The van der Waals surface area contributed by atoms with E-state index in [0.717, 1.165) is 12.5 Å². The Morgan fingerprint density at radius 1 is 1.47 bits per heavy atom. The first-order chi connectivity index (χ1) is 7.97. The van der Waals surface area contributed by atoms with Crippen LogP contribution in [0.25, 0.3) is 0 Å². The summed E-state index contributed by atoms with van der Waals surface area (Å²) in [6.45, 7) is 3.67. The largest absolute Gasteiger partial charge is 0.397 e. The third-order valence-corrected chi connectivity index (χ3v) is 2.54. The van der Waals surface area contributed by atoms with Gasteiger partial charge in [0.2, 0.25) is 5.91 Å². The summed E-state index contributed by atoms with van der Waals surface area (Å²) in [6, 6.07) is 2.15. The van der Waals surface area contributed by atoms with E-state index >= 15 is 0 Å². The summed E-state index contributed by atoms with van der Waals surface area (Å²) < 4.78 is 26.4. The van der Waals surface area contributed by atoms with Gasteiger partial charge in [-0.05, 0) is 18.6 Å². The summed E-state index contributed by atoms with van der Waals surface area (Å²) in [4.78, 5) is 11.7. The Hall–Kier alpha value is -1.65. The summed E-state index contributed by atoms with van der Waals surface area (Å²) in [5.41, 5.74) is 5.23. The number of hydrogen-bond donors (Lipinski definition) is 2. The maximum Gasteiger partial charge on any atom is 0.227 e. The number of hydrogen-bond acceptors (Lipinski definition) is 2. The molecular formula is C12H16F2N2O. The highest BCUT2D eigenvalue weighted by molar-refractivity contribution is 5.95. The van der Waals surface area contributed by atoms with Gasteiger partial charge >= 0.3 is 0 Å². The minimum absolute atomic E-state index is 0.0148. The number of amides is 1. The lowest BCUT2D eigenvalue weighted by atomic mass is 10.1. The van der Waals surface area contributed by atoms with Gasteiger partial charge in [-0.2, -0.15) is 0 Å². The van der Waals surface area contributed by atoms with Crippen molar-refractivity contribution in [3.8, 4) is 0 Å². The van der Waals surface area contributed by atoms with Crippen molar-refractivity contribution >= 4 is 17.3 Å². The Bertz CT molecular complexity index is 421. The van der Waals surface area contributed by atoms with Crippen molar-refractivity contribution in [3.63, 3.8) is 0 Å². The van der Waals surface area contributed by atoms with Gasteiger partial charge in [0.1, 0.15) is 5.69 Å². The SMILES string of the molecule is CCCC(C)C(=O)Nc1c(N)ccc(F)c1F. The maximum atomic E-state index is 13.4. The lowest BCUT2D eigenvalue weighted by Gasteiger charge is -2.13. The van der Waals surface area contributed by atoms with Crippen molar-refractivity contribution in [3.05, 3.63) is 23.8 Å². The molecule has 1 unspecified atom stereocenters. The summed E-state index contributed by atoms with van der Waals surface area (Å²) in [5.74, 6) is -2.77. The molecule has 0 aliphatic carbocycles. The van der Waals surface area contributed by atoms with Crippen LogP contribution in [0.2, 0.25) is 0 Å². The molecule has 0 aromatic heterocycles. The van der Waals surface area contributed by atoms with Crippen molar-refractivity contribution in [2.75, 3.05) is 11.1 Å². The van der Waals surface area contributed by atoms with E-state index in [1.165, 1.54) is 6.07 Å². The fourth-order valence-electron chi connectivity index (χ4n) is 1.50. The quantitative estimate of drug-likeness (QED) is 0.797. The normalized spacial score (nSPS) is 12.2. The number of nitrogens with one attached hydrogen (secondary N) is 1. The van der Waals surface area contributed by atoms with E-state index in [-0.39, 0.29) is 23.2 Å². The molecule has 1 aromatic carbocycles. The molecule has 3 nitrogen and oxygen atoms in total. The topological polar surface area (TPSA) is 55.1 Å². The third kappa shape index (κ3) is 3.15. The van der Waals surface area contributed by atoms with E-state index in [2.05, 4.69) is 5.32 Å². The van der Waals surface area contributed by atoms with Crippen LogP contribution in [0.1, 0.15) is 26.7 Å². The van der Waals surface area contributed by atoms with Gasteiger partial charge in [0, 0.05) is 5.92 Å². The fourth-order valence-corrected chi connectivity index (χ4v) is 1.50. The Labute approximate surface area is 99.0 Å². The Balaban J connectivity index is 2.88. The molecule has 1 rings (SSSR count). The standard InChI is InChI=1S/C12H16F2N2O/c1-3-4-7(2)12(17)16-11-9(15)6-5-8(13)10(11)14/h5-7H,3-4,15H2,1-2H3,(H,16,17). The first-order valence-electron chi connectivity index (χ1n) is 5.51. The maximum absolute atomic E-state index is 13.4. The Morgan fingerprint density at radius 3 is 2.71 bits per heavy atom. The zero-order chi connectivity index (χ0) is 13.0. The molecule has 0 fully saturated rings. The van der Waals surface area contributed by atoms with Crippen molar-refractivity contribution in [1.29, 1.82) is 0 Å². The van der Waals surface area contributed by atoms with E-state index in [1.54, 1.807) is 6.92 Å². The van der Waals surface area contributed by atoms with Crippen LogP contribution in [-0.4, -0.2) is 5.91 Å². The second kappa shape index (κ2) is 5.61. The van der Waals surface area contributed by atoms with Gasteiger partial charge < -0.3 is 11.1 Å². The predicted molar refractivity (Wildman–Crippen MR) is 63.5 cm³/mol. The minimum atomic E-state index is -1.12. The van der Waals surface area contributed by atoms with Crippen LogP contribution in [0.3, 0.4) is 0 Å². The molecule has 0 saturated carbocycles. The van der Waals surface area contributed by atoms with Gasteiger partial charge in [-0.1, -0.05) is 20.3 Å². The second-order valence-corrected chi connectivity index (χ2v) is 4.00. The number of nitrogens with two attached hydrogens (primary N) is 1. The monoisotopic (exact) mass is 242 g/mol. The van der Waals surface area contributed by atoms with Gasteiger partial charge in [-0.3, -0.25) is 4.79 Å². The van der Waals surface area contributed by atoms with E-state index in [9.17, 15) is 13.6 Å².